The lowest BCUT2D eigenvalue weighted by Gasteiger charge is -2.13. The van der Waals surface area contributed by atoms with Gasteiger partial charge in [-0.15, -0.1) is 0 Å². The monoisotopic (exact) mass is 325 g/mol. The largest absolute Gasteiger partial charge is 0.506 e. The minimum absolute atomic E-state index is 0.0779. The summed E-state index contributed by atoms with van der Waals surface area (Å²) in [5, 5.41) is 9.65. The van der Waals surface area contributed by atoms with Gasteiger partial charge in [-0.05, 0) is 34.5 Å². The average molecular weight is 327 g/mol. The molecule has 3 N–H and O–H groups in total. The van der Waals surface area contributed by atoms with Crippen molar-refractivity contribution in [2.75, 3.05) is 6.67 Å². The fourth-order valence-corrected chi connectivity index (χ4v) is 2.40. The van der Waals surface area contributed by atoms with Crippen LogP contribution in [0.5, 0.6) is 5.75 Å². The van der Waals surface area contributed by atoms with Gasteiger partial charge in [-0.3, -0.25) is 4.39 Å². The molecule has 0 aliphatic carbocycles. The predicted octanol–water partition coefficient (Wildman–Crippen LogP) is 3.28. The molecule has 0 fully saturated rings. The normalized spacial score (nSPS) is 12.9. The van der Waals surface area contributed by atoms with E-state index >= 15 is 0 Å². The highest BCUT2D eigenvalue weighted by molar-refractivity contribution is 9.11. The Hall–Kier alpha value is -0.130. The van der Waals surface area contributed by atoms with Gasteiger partial charge in [-0.2, -0.15) is 0 Å². The van der Waals surface area contributed by atoms with Crippen molar-refractivity contribution in [2.45, 2.75) is 12.5 Å². The number of nitrogens with two attached hydrogens (primary N) is 1. The quantitative estimate of drug-likeness (QED) is 0.895. The van der Waals surface area contributed by atoms with Crippen LogP contribution in [0.25, 0.3) is 0 Å². The smallest absolute Gasteiger partial charge is 0.134 e. The summed E-state index contributed by atoms with van der Waals surface area (Å²) in [7, 11) is 0. The Bertz CT molecular complexity index is 333. The van der Waals surface area contributed by atoms with Gasteiger partial charge < -0.3 is 10.8 Å². The van der Waals surface area contributed by atoms with Crippen molar-refractivity contribution in [3.63, 3.8) is 0 Å². The first-order valence-corrected chi connectivity index (χ1v) is 5.64. The second kappa shape index (κ2) is 5.09. The Morgan fingerprint density at radius 1 is 1.43 bits per heavy atom. The zero-order chi connectivity index (χ0) is 10.7. The fraction of sp³-hybridized carbons (Fsp3) is 0.333. The van der Waals surface area contributed by atoms with Crippen LogP contribution in [0, 0.1) is 0 Å². The lowest BCUT2D eigenvalue weighted by atomic mass is 10.0. The maximum absolute atomic E-state index is 12.1. The van der Waals surface area contributed by atoms with Crippen molar-refractivity contribution in [2.24, 2.45) is 5.73 Å². The highest BCUT2D eigenvalue weighted by Crippen LogP contribution is 2.35. The topological polar surface area (TPSA) is 46.2 Å². The van der Waals surface area contributed by atoms with Gasteiger partial charge in [0.05, 0.1) is 11.1 Å². The second-order valence-electron chi connectivity index (χ2n) is 2.91. The van der Waals surface area contributed by atoms with Gasteiger partial charge in [0, 0.05) is 16.1 Å². The number of hydrogen-bond acceptors (Lipinski definition) is 2. The summed E-state index contributed by atoms with van der Waals surface area (Å²) in [6.45, 7) is -0.495. The van der Waals surface area contributed by atoms with E-state index in [0.717, 1.165) is 4.47 Å². The van der Waals surface area contributed by atoms with Crippen LogP contribution in [0.15, 0.2) is 21.1 Å². The van der Waals surface area contributed by atoms with E-state index in [0.29, 0.717) is 10.0 Å². The number of benzene rings is 1. The minimum atomic E-state index is -0.495. The number of phenolic OH excluding ortho intramolecular Hbond substituents is 1. The highest BCUT2D eigenvalue weighted by atomic mass is 79.9. The third kappa shape index (κ3) is 2.68. The number of alkyl halides is 1. The second-order valence-corrected chi connectivity index (χ2v) is 4.68. The van der Waals surface area contributed by atoms with Crippen LogP contribution in [-0.2, 0) is 0 Å². The molecule has 1 rings (SSSR count). The molecule has 1 atom stereocenters. The lowest BCUT2D eigenvalue weighted by Crippen LogP contribution is -2.11. The third-order valence-corrected chi connectivity index (χ3v) is 2.94. The van der Waals surface area contributed by atoms with E-state index in [9.17, 15) is 9.50 Å². The maximum atomic E-state index is 12.1. The molecule has 0 heterocycles. The number of rotatable bonds is 3. The van der Waals surface area contributed by atoms with Crippen LogP contribution in [-0.4, -0.2) is 11.8 Å². The molecule has 0 bridgehead atoms. The van der Waals surface area contributed by atoms with E-state index in [-0.39, 0.29) is 12.2 Å². The van der Waals surface area contributed by atoms with Crippen LogP contribution < -0.4 is 5.73 Å². The summed E-state index contributed by atoms with van der Waals surface area (Å²) in [5.41, 5.74) is 6.25. The lowest BCUT2D eigenvalue weighted by molar-refractivity contribution is 0.423. The Labute approximate surface area is 98.6 Å². The number of halogens is 3. The first kappa shape index (κ1) is 11.9. The molecule has 0 aliphatic heterocycles. The van der Waals surface area contributed by atoms with E-state index in [1.54, 1.807) is 12.1 Å². The molecule has 0 saturated carbocycles. The summed E-state index contributed by atoms with van der Waals surface area (Å²) in [6.07, 6.45) is 0.205. The molecule has 1 aromatic carbocycles. The summed E-state index contributed by atoms with van der Waals surface area (Å²) >= 11 is 6.46. The Morgan fingerprint density at radius 3 is 2.64 bits per heavy atom. The molecular formula is C9H10Br2FNO. The van der Waals surface area contributed by atoms with Crippen molar-refractivity contribution in [1.82, 2.24) is 0 Å². The van der Waals surface area contributed by atoms with Crippen molar-refractivity contribution in [3.05, 3.63) is 26.6 Å². The predicted molar refractivity (Wildman–Crippen MR) is 61.0 cm³/mol. The van der Waals surface area contributed by atoms with Crippen molar-refractivity contribution >= 4 is 31.9 Å². The zero-order valence-corrected chi connectivity index (χ0v) is 10.5. The molecule has 5 heteroatoms. The molecule has 0 saturated heterocycles. The van der Waals surface area contributed by atoms with Crippen LogP contribution in [0.3, 0.4) is 0 Å². The third-order valence-electron chi connectivity index (χ3n) is 1.88. The van der Waals surface area contributed by atoms with Gasteiger partial charge in [0.2, 0.25) is 0 Å². The summed E-state index contributed by atoms with van der Waals surface area (Å²) in [5.74, 6) is 0.0779. The fourth-order valence-electron chi connectivity index (χ4n) is 1.14. The molecule has 14 heavy (non-hydrogen) atoms. The van der Waals surface area contributed by atoms with E-state index in [4.69, 9.17) is 5.73 Å². The maximum Gasteiger partial charge on any atom is 0.134 e. The molecule has 0 amide bonds. The van der Waals surface area contributed by atoms with Crippen LogP contribution in [0.1, 0.15) is 18.0 Å². The number of phenols is 1. The Morgan fingerprint density at radius 2 is 2.07 bits per heavy atom. The van der Waals surface area contributed by atoms with Gasteiger partial charge in [-0.1, -0.05) is 15.9 Å². The van der Waals surface area contributed by atoms with Crippen LogP contribution >= 0.6 is 31.9 Å². The standard InChI is InChI=1S/C9H10Br2FNO/c10-5-3-6(8(13)1-2-12)9(14)7(11)4-5/h3-4,8,14H,1-2,13H2/t8-/m1/s1. The number of hydrogen-bond donors (Lipinski definition) is 2. The zero-order valence-electron chi connectivity index (χ0n) is 7.30. The van der Waals surface area contributed by atoms with Gasteiger partial charge in [0.1, 0.15) is 5.75 Å². The molecule has 0 spiro atoms. The molecule has 1 aromatic rings. The Kier molecular flexibility index (Phi) is 4.34. The minimum Gasteiger partial charge on any atom is -0.506 e. The van der Waals surface area contributed by atoms with Crippen LogP contribution in [0.2, 0.25) is 0 Å². The van der Waals surface area contributed by atoms with Crippen molar-refractivity contribution < 1.29 is 9.50 Å². The summed E-state index contributed by atoms with van der Waals surface area (Å²) < 4.78 is 13.4. The summed E-state index contributed by atoms with van der Waals surface area (Å²) in [6, 6.07) is 2.93. The van der Waals surface area contributed by atoms with E-state index in [1.807, 2.05) is 0 Å². The molecule has 0 aromatic heterocycles. The number of aromatic hydroxyl groups is 1. The molecule has 2 nitrogen and oxygen atoms in total. The Balaban J connectivity index is 3.07. The first-order valence-electron chi connectivity index (χ1n) is 4.05. The molecule has 0 radical (unpaired) electrons. The first-order chi connectivity index (χ1) is 6.56. The van der Waals surface area contributed by atoms with E-state index < -0.39 is 12.7 Å². The van der Waals surface area contributed by atoms with Gasteiger partial charge in [0.15, 0.2) is 0 Å². The van der Waals surface area contributed by atoms with Gasteiger partial charge in [-0.25, -0.2) is 0 Å². The molecule has 0 aliphatic rings. The van der Waals surface area contributed by atoms with E-state index in [1.165, 1.54) is 0 Å². The van der Waals surface area contributed by atoms with Crippen LogP contribution in [0.4, 0.5) is 4.39 Å². The van der Waals surface area contributed by atoms with E-state index in [2.05, 4.69) is 31.9 Å². The highest BCUT2D eigenvalue weighted by Gasteiger charge is 2.14. The molecule has 78 valence electrons. The van der Waals surface area contributed by atoms with Crippen molar-refractivity contribution in [1.29, 1.82) is 0 Å². The van der Waals surface area contributed by atoms with Crippen molar-refractivity contribution in [3.8, 4) is 5.75 Å². The summed E-state index contributed by atoms with van der Waals surface area (Å²) in [4.78, 5) is 0. The van der Waals surface area contributed by atoms with Gasteiger partial charge >= 0.3 is 0 Å². The molecular weight excluding hydrogens is 317 g/mol. The van der Waals surface area contributed by atoms with Gasteiger partial charge in [0.25, 0.3) is 0 Å². The average Bonchev–Trinajstić information content (AvgIpc) is 2.11. The SMILES string of the molecule is N[C@H](CCF)c1cc(Br)cc(Br)c1O. The molecule has 0 unspecified atom stereocenters.